The van der Waals surface area contributed by atoms with Crippen molar-refractivity contribution in [3.8, 4) is 5.82 Å². The lowest BCUT2D eigenvalue weighted by atomic mass is 10.5. The van der Waals surface area contributed by atoms with E-state index < -0.39 is 0 Å². The van der Waals surface area contributed by atoms with Gasteiger partial charge in [0.1, 0.15) is 5.82 Å². The Labute approximate surface area is 81.1 Å². The number of rotatable bonds is 2. The molecule has 0 fully saturated rings. The maximum Gasteiger partial charge on any atom is 0.156 e. The van der Waals surface area contributed by atoms with Crippen LogP contribution in [0.1, 0.15) is 11.5 Å². The second kappa shape index (κ2) is 3.55. The van der Waals surface area contributed by atoms with E-state index in [1.165, 1.54) is 6.20 Å². The van der Waals surface area contributed by atoms with Gasteiger partial charge in [-0.2, -0.15) is 0 Å². The molecule has 2 aromatic heterocycles. The maximum atomic E-state index is 8.90. The van der Waals surface area contributed by atoms with Crippen LogP contribution in [-0.4, -0.2) is 24.6 Å². The SMILES string of the molecule is Cc1nccn1-c1cncc(CO)n1. The number of aliphatic hydroxyl groups is 1. The Hall–Kier alpha value is -1.75. The summed E-state index contributed by atoms with van der Waals surface area (Å²) in [6.45, 7) is 1.78. The Kier molecular flexibility index (Phi) is 2.24. The fourth-order valence-electron chi connectivity index (χ4n) is 1.21. The molecule has 0 amide bonds. The summed E-state index contributed by atoms with van der Waals surface area (Å²) < 4.78 is 1.81. The lowest BCUT2D eigenvalue weighted by Crippen LogP contribution is -2.02. The largest absolute Gasteiger partial charge is 0.390 e. The van der Waals surface area contributed by atoms with Crippen LogP contribution in [-0.2, 0) is 6.61 Å². The highest BCUT2D eigenvalue weighted by atomic mass is 16.3. The Balaban J connectivity index is 2.47. The molecule has 5 heteroatoms. The molecular formula is C9H10N4O. The fraction of sp³-hybridized carbons (Fsp3) is 0.222. The number of imidazole rings is 1. The van der Waals surface area contributed by atoms with E-state index in [2.05, 4.69) is 15.0 Å². The van der Waals surface area contributed by atoms with Gasteiger partial charge in [-0.05, 0) is 6.92 Å². The number of nitrogens with zero attached hydrogens (tertiary/aromatic N) is 4. The molecule has 0 aromatic carbocycles. The zero-order chi connectivity index (χ0) is 9.97. The van der Waals surface area contributed by atoms with Gasteiger partial charge in [0.2, 0.25) is 0 Å². The zero-order valence-electron chi connectivity index (χ0n) is 7.75. The molecule has 14 heavy (non-hydrogen) atoms. The predicted molar refractivity (Wildman–Crippen MR) is 49.8 cm³/mol. The Morgan fingerprint density at radius 1 is 1.43 bits per heavy atom. The first kappa shape index (κ1) is 8.83. The van der Waals surface area contributed by atoms with Gasteiger partial charge in [-0.1, -0.05) is 0 Å². The zero-order valence-corrected chi connectivity index (χ0v) is 7.75. The molecule has 0 atom stereocenters. The van der Waals surface area contributed by atoms with Gasteiger partial charge >= 0.3 is 0 Å². The molecule has 0 spiro atoms. The highest BCUT2D eigenvalue weighted by Crippen LogP contribution is 2.06. The summed E-state index contributed by atoms with van der Waals surface area (Å²) in [6, 6.07) is 0. The third-order valence-corrected chi connectivity index (χ3v) is 1.91. The van der Waals surface area contributed by atoms with Gasteiger partial charge in [-0.3, -0.25) is 9.55 Å². The molecule has 5 nitrogen and oxygen atoms in total. The number of aromatic nitrogens is 4. The molecule has 0 aliphatic rings. The third kappa shape index (κ3) is 1.49. The summed E-state index contributed by atoms with van der Waals surface area (Å²) in [5, 5.41) is 8.90. The molecule has 0 unspecified atom stereocenters. The van der Waals surface area contributed by atoms with E-state index in [1.54, 1.807) is 18.6 Å². The summed E-state index contributed by atoms with van der Waals surface area (Å²) in [7, 11) is 0. The van der Waals surface area contributed by atoms with E-state index in [0.717, 1.165) is 5.82 Å². The van der Waals surface area contributed by atoms with Crippen LogP contribution in [0.5, 0.6) is 0 Å². The monoisotopic (exact) mass is 190 g/mol. The van der Waals surface area contributed by atoms with Gasteiger partial charge in [0, 0.05) is 12.4 Å². The van der Waals surface area contributed by atoms with Gasteiger partial charge in [0.15, 0.2) is 5.82 Å². The minimum Gasteiger partial charge on any atom is -0.390 e. The molecule has 0 saturated carbocycles. The second-order valence-electron chi connectivity index (χ2n) is 2.87. The van der Waals surface area contributed by atoms with Gasteiger partial charge in [0.25, 0.3) is 0 Å². The molecule has 0 aliphatic carbocycles. The van der Waals surface area contributed by atoms with Crippen LogP contribution >= 0.6 is 0 Å². The van der Waals surface area contributed by atoms with Crippen LogP contribution in [0.2, 0.25) is 0 Å². The van der Waals surface area contributed by atoms with E-state index in [4.69, 9.17) is 5.11 Å². The molecule has 1 N–H and O–H groups in total. The minimum atomic E-state index is -0.103. The lowest BCUT2D eigenvalue weighted by Gasteiger charge is -2.03. The maximum absolute atomic E-state index is 8.90. The first-order valence-corrected chi connectivity index (χ1v) is 4.23. The third-order valence-electron chi connectivity index (χ3n) is 1.91. The quantitative estimate of drug-likeness (QED) is 0.747. The van der Waals surface area contributed by atoms with Crippen molar-refractivity contribution in [1.29, 1.82) is 0 Å². The molecule has 2 rings (SSSR count). The van der Waals surface area contributed by atoms with Gasteiger partial charge in [0.05, 0.1) is 24.7 Å². The number of aliphatic hydroxyl groups excluding tert-OH is 1. The van der Waals surface area contributed by atoms with E-state index in [1.807, 2.05) is 11.5 Å². The van der Waals surface area contributed by atoms with Crippen molar-refractivity contribution in [1.82, 2.24) is 19.5 Å². The average Bonchev–Trinajstić information content (AvgIpc) is 2.65. The van der Waals surface area contributed by atoms with Crippen molar-refractivity contribution in [3.63, 3.8) is 0 Å². The normalized spacial score (nSPS) is 10.4. The molecule has 2 heterocycles. The number of hydrogen-bond acceptors (Lipinski definition) is 4. The van der Waals surface area contributed by atoms with Crippen molar-refractivity contribution in [2.45, 2.75) is 13.5 Å². The van der Waals surface area contributed by atoms with Gasteiger partial charge in [-0.15, -0.1) is 0 Å². The Morgan fingerprint density at radius 2 is 2.29 bits per heavy atom. The van der Waals surface area contributed by atoms with E-state index in [9.17, 15) is 0 Å². The van der Waals surface area contributed by atoms with Crippen molar-refractivity contribution < 1.29 is 5.11 Å². The van der Waals surface area contributed by atoms with Crippen molar-refractivity contribution in [3.05, 3.63) is 36.3 Å². The van der Waals surface area contributed by atoms with Crippen molar-refractivity contribution >= 4 is 0 Å². The van der Waals surface area contributed by atoms with Crippen LogP contribution < -0.4 is 0 Å². The summed E-state index contributed by atoms with van der Waals surface area (Å²) in [5.74, 6) is 1.51. The first-order chi connectivity index (χ1) is 6.81. The molecule has 0 saturated heterocycles. The summed E-state index contributed by atoms with van der Waals surface area (Å²) in [6.07, 6.45) is 6.67. The van der Waals surface area contributed by atoms with Crippen molar-refractivity contribution in [2.75, 3.05) is 0 Å². The highest BCUT2D eigenvalue weighted by molar-refractivity contribution is 5.21. The second-order valence-corrected chi connectivity index (χ2v) is 2.87. The first-order valence-electron chi connectivity index (χ1n) is 4.23. The smallest absolute Gasteiger partial charge is 0.156 e. The average molecular weight is 190 g/mol. The van der Waals surface area contributed by atoms with Crippen LogP contribution in [0.25, 0.3) is 5.82 Å². The van der Waals surface area contributed by atoms with Crippen LogP contribution in [0, 0.1) is 6.92 Å². The summed E-state index contributed by atoms with van der Waals surface area (Å²) in [4.78, 5) is 12.3. The van der Waals surface area contributed by atoms with E-state index >= 15 is 0 Å². The molecule has 0 bridgehead atoms. The van der Waals surface area contributed by atoms with Crippen molar-refractivity contribution in [2.24, 2.45) is 0 Å². The molecule has 0 radical (unpaired) electrons. The topological polar surface area (TPSA) is 63.8 Å². The number of aryl methyl sites for hydroxylation is 1. The highest BCUT2D eigenvalue weighted by Gasteiger charge is 2.02. The van der Waals surface area contributed by atoms with Gasteiger partial charge in [-0.25, -0.2) is 9.97 Å². The summed E-state index contributed by atoms with van der Waals surface area (Å²) >= 11 is 0. The van der Waals surface area contributed by atoms with Gasteiger partial charge < -0.3 is 5.11 Å². The lowest BCUT2D eigenvalue weighted by molar-refractivity contribution is 0.276. The predicted octanol–water partition coefficient (Wildman–Crippen LogP) is 0.463. The van der Waals surface area contributed by atoms with Crippen LogP contribution in [0.3, 0.4) is 0 Å². The molecule has 0 aliphatic heterocycles. The fourth-order valence-corrected chi connectivity index (χ4v) is 1.21. The molecule has 72 valence electrons. The summed E-state index contributed by atoms with van der Waals surface area (Å²) in [5.41, 5.74) is 0.551. The van der Waals surface area contributed by atoms with E-state index in [-0.39, 0.29) is 6.61 Å². The van der Waals surface area contributed by atoms with Crippen LogP contribution in [0.4, 0.5) is 0 Å². The molecule has 2 aromatic rings. The van der Waals surface area contributed by atoms with Crippen LogP contribution in [0.15, 0.2) is 24.8 Å². The molecular weight excluding hydrogens is 180 g/mol. The van der Waals surface area contributed by atoms with E-state index in [0.29, 0.717) is 11.5 Å². The standard InChI is InChI=1S/C9H10N4O/c1-7-11-2-3-13(7)9-5-10-4-8(6-14)12-9/h2-5,14H,6H2,1H3. The number of hydrogen-bond donors (Lipinski definition) is 1. The minimum absolute atomic E-state index is 0.103. The Bertz CT molecular complexity index is 438. The Morgan fingerprint density at radius 3 is 2.93 bits per heavy atom.